The van der Waals surface area contributed by atoms with E-state index in [1.165, 1.54) is 23.1 Å². The van der Waals surface area contributed by atoms with Crippen molar-refractivity contribution in [3.05, 3.63) is 63.9 Å². The van der Waals surface area contributed by atoms with Crippen molar-refractivity contribution in [1.29, 1.82) is 0 Å². The second-order valence-corrected chi connectivity index (χ2v) is 6.63. The van der Waals surface area contributed by atoms with E-state index in [0.29, 0.717) is 17.3 Å². The molecule has 1 N–H and O–H groups in total. The first kappa shape index (κ1) is 17.7. The average molecular weight is 381 g/mol. The van der Waals surface area contributed by atoms with Crippen LogP contribution in [0.25, 0.3) is 0 Å². The summed E-state index contributed by atoms with van der Waals surface area (Å²) < 4.78 is 13.3. The molecule has 1 atom stereocenters. The first-order valence-corrected chi connectivity index (χ1v) is 8.48. The Bertz CT molecular complexity index is 828. The first-order valence-electron chi connectivity index (χ1n) is 7.72. The van der Waals surface area contributed by atoms with Gasteiger partial charge in [0.25, 0.3) is 0 Å². The van der Waals surface area contributed by atoms with E-state index in [1.54, 1.807) is 6.07 Å². The summed E-state index contributed by atoms with van der Waals surface area (Å²) in [6.07, 6.45) is 0.101. The number of nitrogens with zero attached hydrogens (tertiary/aromatic N) is 1. The summed E-state index contributed by atoms with van der Waals surface area (Å²) in [6, 6.07) is 11.3. The molecule has 0 aromatic heterocycles. The molecule has 0 radical (unpaired) electrons. The van der Waals surface area contributed by atoms with E-state index in [4.69, 9.17) is 23.2 Å². The summed E-state index contributed by atoms with van der Waals surface area (Å²) >= 11 is 11.8. The Morgan fingerprint density at radius 3 is 2.68 bits per heavy atom. The van der Waals surface area contributed by atoms with Crippen LogP contribution in [0.15, 0.2) is 42.5 Å². The molecule has 0 aliphatic carbocycles. The third-order valence-corrected chi connectivity index (χ3v) is 4.78. The molecule has 1 aliphatic rings. The maximum absolute atomic E-state index is 13.3. The SMILES string of the molecule is O=C(NCc1ccccc1Cl)[C@@H]1CC(=O)N(c2ccc(F)c(Cl)c2)C1. The standard InChI is InChI=1S/C18H15Cl2FN2O2/c19-14-4-2-1-3-11(14)9-22-18(25)12-7-17(24)23(10-12)13-5-6-16(21)15(20)8-13/h1-6,8,12H,7,9-10H2,(H,22,25)/t12-/m1/s1. The Balaban J connectivity index is 1.64. The average Bonchev–Trinajstić information content (AvgIpc) is 2.98. The number of hydrogen-bond acceptors (Lipinski definition) is 2. The molecule has 0 bridgehead atoms. The fourth-order valence-corrected chi connectivity index (χ4v) is 3.13. The Hall–Kier alpha value is -2.11. The van der Waals surface area contributed by atoms with Gasteiger partial charge in [0.05, 0.1) is 10.9 Å². The van der Waals surface area contributed by atoms with Crippen molar-refractivity contribution < 1.29 is 14.0 Å². The molecule has 0 unspecified atom stereocenters. The second-order valence-electron chi connectivity index (χ2n) is 5.81. The molecule has 25 heavy (non-hydrogen) atoms. The number of carbonyl (C=O) groups is 2. The minimum Gasteiger partial charge on any atom is -0.352 e. The lowest BCUT2D eigenvalue weighted by Crippen LogP contribution is -2.32. The largest absolute Gasteiger partial charge is 0.352 e. The number of carbonyl (C=O) groups excluding carboxylic acids is 2. The maximum atomic E-state index is 13.3. The highest BCUT2D eigenvalue weighted by Gasteiger charge is 2.35. The van der Waals surface area contributed by atoms with Gasteiger partial charge in [-0.1, -0.05) is 41.4 Å². The molecule has 1 saturated heterocycles. The normalized spacial score (nSPS) is 17.0. The number of anilines is 1. The van der Waals surface area contributed by atoms with Crippen molar-refractivity contribution in [3.8, 4) is 0 Å². The van der Waals surface area contributed by atoms with Gasteiger partial charge in [0.2, 0.25) is 11.8 Å². The summed E-state index contributed by atoms with van der Waals surface area (Å²) in [7, 11) is 0. The predicted molar refractivity (Wildman–Crippen MR) is 95.2 cm³/mol. The lowest BCUT2D eigenvalue weighted by molar-refractivity contribution is -0.126. The van der Waals surface area contributed by atoms with Crippen molar-refractivity contribution in [1.82, 2.24) is 5.32 Å². The van der Waals surface area contributed by atoms with Gasteiger partial charge in [-0.3, -0.25) is 9.59 Å². The number of halogens is 3. The highest BCUT2D eigenvalue weighted by Crippen LogP contribution is 2.28. The van der Waals surface area contributed by atoms with Crippen LogP contribution in [0.5, 0.6) is 0 Å². The molecule has 4 nitrogen and oxygen atoms in total. The molecule has 130 valence electrons. The van der Waals surface area contributed by atoms with Crippen LogP contribution in [0.2, 0.25) is 10.0 Å². The van der Waals surface area contributed by atoms with Gasteiger partial charge >= 0.3 is 0 Å². The van der Waals surface area contributed by atoms with Crippen LogP contribution < -0.4 is 10.2 Å². The molecule has 2 aromatic rings. The molecule has 7 heteroatoms. The van der Waals surface area contributed by atoms with Crippen LogP contribution in [0, 0.1) is 11.7 Å². The summed E-state index contributed by atoms with van der Waals surface area (Å²) in [4.78, 5) is 26.0. The van der Waals surface area contributed by atoms with Crippen molar-refractivity contribution in [2.45, 2.75) is 13.0 Å². The Kier molecular flexibility index (Phi) is 5.25. The van der Waals surface area contributed by atoms with Gasteiger partial charge < -0.3 is 10.2 Å². The van der Waals surface area contributed by atoms with E-state index in [-0.39, 0.29) is 29.8 Å². The summed E-state index contributed by atoms with van der Waals surface area (Å²) in [5.74, 6) is -1.44. The lowest BCUT2D eigenvalue weighted by atomic mass is 10.1. The minimum absolute atomic E-state index is 0.0584. The number of nitrogens with one attached hydrogen (secondary N) is 1. The van der Waals surface area contributed by atoms with Crippen LogP contribution in [-0.2, 0) is 16.1 Å². The van der Waals surface area contributed by atoms with Crippen molar-refractivity contribution in [3.63, 3.8) is 0 Å². The minimum atomic E-state index is -0.550. The zero-order valence-corrected chi connectivity index (χ0v) is 14.6. The Morgan fingerprint density at radius 2 is 1.96 bits per heavy atom. The number of benzene rings is 2. The first-order chi connectivity index (χ1) is 12.0. The van der Waals surface area contributed by atoms with Gasteiger partial charge in [0, 0.05) is 30.2 Å². The molecule has 2 aromatic carbocycles. The zero-order chi connectivity index (χ0) is 18.0. The van der Waals surface area contributed by atoms with Gasteiger partial charge in [-0.25, -0.2) is 4.39 Å². The number of amides is 2. The third-order valence-electron chi connectivity index (χ3n) is 4.12. The lowest BCUT2D eigenvalue weighted by Gasteiger charge is -2.17. The molecule has 0 saturated carbocycles. The van der Waals surface area contributed by atoms with Crippen molar-refractivity contribution in [2.75, 3.05) is 11.4 Å². The van der Waals surface area contributed by atoms with E-state index >= 15 is 0 Å². The highest BCUT2D eigenvalue weighted by atomic mass is 35.5. The van der Waals surface area contributed by atoms with E-state index in [0.717, 1.165) is 5.56 Å². The monoisotopic (exact) mass is 380 g/mol. The van der Waals surface area contributed by atoms with Gasteiger partial charge in [-0.05, 0) is 29.8 Å². The van der Waals surface area contributed by atoms with Crippen LogP contribution in [-0.4, -0.2) is 18.4 Å². The van der Waals surface area contributed by atoms with Crippen molar-refractivity contribution in [2.24, 2.45) is 5.92 Å². The molecular weight excluding hydrogens is 366 g/mol. The molecule has 1 fully saturated rings. The Morgan fingerprint density at radius 1 is 1.20 bits per heavy atom. The van der Waals surface area contributed by atoms with Gasteiger partial charge in [0.1, 0.15) is 5.82 Å². The highest BCUT2D eigenvalue weighted by molar-refractivity contribution is 6.31. The number of hydrogen-bond donors (Lipinski definition) is 1. The third kappa shape index (κ3) is 3.94. The summed E-state index contributed by atoms with van der Waals surface area (Å²) in [5, 5.41) is 3.32. The smallest absolute Gasteiger partial charge is 0.227 e. The van der Waals surface area contributed by atoms with Gasteiger partial charge in [-0.15, -0.1) is 0 Å². The molecule has 2 amide bonds. The van der Waals surface area contributed by atoms with Crippen LogP contribution >= 0.6 is 23.2 Å². The fraction of sp³-hybridized carbons (Fsp3) is 0.222. The fourth-order valence-electron chi connectivity index (χ4n) is 2.75. The van der Waals surface area contributed by atoms with Gasteiger partial charge in [-0.2, -0.15) is 0 Å². The molecular formula is C18H15Cl2FN2O2. The topological polar surface area (TPSA) is 49.4 Å². The van der Waals surface area contributed by atoms with Crippen LogP contribution in [0.4, 0.5) is 10.1 Å². The second kappa shape index (κ2) is 7.42. The Labute approximate surface area is 154 Å². The quantitative estimate of drug-likeness (QED) is 0.876. The number of rotatable bonds is 4. The summed E-state index contributed by atoms with van der Waals surface area (Å²) in [6.45, 7) is 0.528. The van der Waals surface area contributed by atoms with E-state index in [1.807, 2.05) is 18.2 Å². The van der Waals surface area contributed by atoms with E-state index in [2.05, 4.69) is 5.32 Å². The van der Waals surface area contributed by atoms with Gasteiger partial charge in [0.15, 0.2) is 0 Å². The molecule has 3 rings (SSSR count). The predicted octanol–water partition coefficient (Wildman–Crippen LogP) is 3.80. The van der Waals surface area contributed by atoms with Crippen LogP contribution in [0.3, 0.4) is 0 Å². The van der Waals surface area contributed by atoms with E-state index in [9.17, 15) is 14.0 Å². The summed E-state index contributed by atoms with van der Waals surface area (Å²) in [5.41, 5.74) is 1.29. The van der Waals surface area contributed by atoms with Crippen LogP contribution in [0.1, 0.15) is 12.0 Å². The molecule has 0 spiro atoms. The van der Waals surface area contributed by atoms with E-state index < -0.39 is 11.7 Å². The maximum Gasteiger partial charge on any atom is 0.227 e. The molecule has 1 heterocycles. The van der Waals surface area contributed by atoms with Crippen molar-refractivity contribution >= 4 is 40.7 Å². The zero-order valence-electron chi connectivity index (χ0n) is 13.1. The molecule has 1 aliphatic heterocycles.